The van der Waals surface area contributed by atoms with Gasteiger partial charge in [0.2, 0.25) is 23.6 Å². The van der Waals surface area contributed by atoms with Crippen molar-refractivity contribution < 1.29 is 34.2 Å². The Morgan fingerprint density at radius 2 is 1.45 bits per heavy atom. The van der Waals surface area contributed by atoms with Crippen molar-refractivity contribution in [3.05, 3.63) is 0 Å². The summed E-state index contributed by atoms with van der Waals surface area (Å²) in [5.41, 5.74) is 10.9. The zero-order chi connectivity index (χ0) is 22.7. The van der Waals surface area contributed by atoms with Crippen molar-refractivity contribution in [1.82, 2.24) is 16.0 Å². The van der Waals surface area contributed by atoms with E-state index in [0.29, 0.717) is 6.42 Å². The van der Waals surface area contributed by atoms with Gasteiger partial charge >= 0.3 is 5.97 Å². The van der Waals surface area contributed by atoms with Crippen molar-refractivity contribution in [1.29, 1.82) is 0 Å². The van der Waals surface area contributed by atoms with E-state index in [4.69, 9.17) is 16.6 Å². The summed E-state index contributed by atoms with van der Waals surface area (Å²) in [5.74, 6) is -4.58. The molecular weight excluding hydrogens is 386 g/mol. The molecule has 9 N–H and O–H groups in total. The van der Waals surface area contributed by atoms with Crippen molar-refractivity contribution in [2.24, 2.45) is 17.4 Å². The molecule has 0 fully saturated rings. The van der Waals surface area contributed by atoms with Crippen molar-refractivity contribution in [2.45, 2.75) is 64.2 Å². The molecular formula is C17H31N5O7. The smallest absolute Gasteiger partial charge is 0.325 e. The van der Waals surface area contributed by atoms with Gasteiger partial charge in [0.25, 0.3) is 0 Å². The zero-order valence-electron chi connectivity index (χ0n) is 16.8. The number of aliphatic hydroxyl groups is 1. The quantitative estimate of drug-likeness (QED) is 0.165. The third-order valence-electron chi connectivity index (χ3n) is 4.42. The van der Waals surface area contributed by atoms with Gasteiger partial charge in [-0.15, -0.1) is 0 Å². The van der Waals surface area contributed by atoms with E-state index in [0.717, 1.165) is 0 Å². The van der Waals surface area contributed by atoms with Crippen LogP contribution in [-0.4, -0.2) is 70.6 Å². The minimum Gasteiger partial charge on any atom is -0.480 e. The first-order valence-corrected chi connectivity index (χ1v) is 9.23. The van der Waals surface area contributed by atoms with Gasteiger partial charge in [0.15, 0.2) is 0 Å². The third-order valence-corrected chi connectivity index (χ3v) is 4.42. The third kappa shape index (κ3) is 9.34. The predicted molar refractivity (Wildman–Crippen MR) is 102 cm³/mol. The van der Waals surface area contributed by atoms with Gasteiger partial charge in [-0.3, -0.25) is 24.0 Å². The Balaban J connectivity index is 5.18. The number of nitrogens with one attached hydrogen (secondary N) is 3. The SMILES string of the molecule is CCC(C)C(N)C(=O)NC(CO)C(=O)NC(CCC(N)=O)C(=O)NC(C)C(=O)O. The molecule has 12 nitrogen and oxygen atoms in total. The highest BCUT2D eigenvalue weighted by molar-refractivity contribution is 5.94. The van der Waals surface area contributed by atoms with Gasteiger partial charge in [-0.25, -0.2) is 0 Å². The van der Waals surface area contributed by atoms with E-state index >= 15 is 0 Å². The number of aliphatic hydroxyl groups excluding tert-OH is 1. The molecule has 166 valence electrons. The number of hydrogen-bond acceptors (Lipinski definition) is 7. The number of carbonyl (C=O) groups excluding carboxylic acids is 4. The first-order valence-electron chi connectivity index (χ1n) is 9.23. The average molecular weight is 417 g/mol. The van der Waals surface area contributed by atoms with Gasteiger partial charge in [0, 0.05) is 6.42 Å². The number of carbonyl (C=O) groups is 5. The van der Waals surface area contributed by atoms with E-state index in [2.05, 4.69) is 16.0 Å². The van der Waals surface area contributed by atoms with Gasteiger partial charge in [-0.1, -0.05) is 20.3 Å². The number of hydrogen-bond donors (Lipinski definition) is 7. The maximum Gasteiger partial charge on any atom is 0.325 e. The Labute approximate surface area is 168 Å². The Hall–Kier alpha value is -2.73. The molecule has 0 aromatic rings. The molecule has 0 heterocycles. The molecule has 0 aromatic carbocycles. The van der Waals surface area contributed by atoms with Crippen LogP contribution in [0.3, 0.4) is 0 Å². The second-order valence-electron chi connectivity index (χ2n) is 6.79. The van der Waals surface area contributed by atoms with E-state index in [1.165, 1.54) is 6.92 Å². The summed E-state index contributed by atoms with van der Waals surface area (Å²) < 4.78 is 0. The van der Waals surface area contributed by atoms with Crippen LogP contribution in [0.4, 0.5) is 0 Å². The van der Waals surface area contributed by atoms with Gasteiger partial charge < -0.3 is 37.6 Å². The second kappa shape index (κ2) is 12.7. The lowest BCUT2D eigenvalue weighted by molar-refractivity contribution is -0.142. The predicted octanol–water partition coefficient (Wildman–Crippen LogP) is -2.82. The number of carboxylic acid groups (broad SMARTS) is 1. The lowest BCUT2D eigenvalue weighted by Crippen LogP contribution is -2.58. The number of carboxylic acids is 1. The van der Waals surface area contributed by atoms with E-state index in [9.17, 15) is 29.1 Å². The average Bonchev–Trinajstić information content (AvgIpc) is 2.66. The minimum atomic E-state index is -1.39. The molecule has 0 rings (SSSR count). The first-order chi connectivity index (χ1) is 13.4. The van der Waals surface area contributed by atoms with Crippen LogP contribution in [0.2, 0.25) is 0 Å². The monoisotopic (exact) mass is 417 g/mol. The molecule has 0 aliphatic carbocycles. The van der Waals surface area contributed by atoms with Crippen molar-refractivity contribution in [3.8, 4) is 0 Å². The molecule has 5 unspecified atom stereocenters. The van der Waals surface area contributed by atoms with Crippen LogP contribution in [0.1, 0.15) is 40.0 Å². The van der Waals surface area contributed by atoms with Crippen LogP contribution in [0.25, 0.3) is 0 Å². The number of aliphatic carboxylic acids is 1. The van der Waals surface area contributed by atoms with Gasteiger partial charge in [0.05, 0.1) is 12.6 Å². The summed E-state index contributed by atoms with van der Waals surface area (Å²) >= 11 is 0. The topological polar surface area (TPSA) is 214 Å². The zero-order valence-corrected chi connectivity index (χ0v) is 16.8. The molecule has 0 aliphatic rings. The van der Waals surface area contributed by atoms with Gasteiger partial charge in [0.1, 0.15) is 18.1 Å². The lowest BCUT2D eigenvalue weighted by Gasteiger charge is -2.24. The normalized spacial score (nSPS) is 15.9. The molecule has 0 aliphatic heterocycles. The maximum atomic E-state index is 12.4. The lowest BCUT2D eigenvalue weighted by atomic mass is 9.99. The van der Waals surface area contributed by atoms with E-state index < -0.39 is 60.4 Å². The summed E-state index contributed by atoms with van der Waals surface area (Å²) in [7, 11) is 0. The standard InChI is InChI=1S/C17H31N5O7/c1-4-8(2)13(19)16(27)22-11(7-23)15(26)21-10(5-6-12(18)24)14(25)20-9(3)17(28)29/h8-11,13,23H,4-7,19H2,1-3H3,(H2,18,24)(H,20,25)(H,21,26)(H,22,27)(H,28,29). The largest absolute Gasteiger partial charge is 0.480 e. The molecule has 0 bridgehead atoms. The fraction of sp³-hybridized carbons (Fsp3) is 0.706. The Bertz CT molecular complexity index is 613. The van der Waals surface area contributed by atoms with Gasteiger partial charge in [-0.2, -0.15) is 0 Å². The van der Waals surface area contributed by atoms with E-state index in [1.54, 1.807) is 6.92 Å². The second-order valence-corrected chi connectivity index (χ2v) is 6.79. The highest BCUT2D eigenvalue weighted by Crippen LogP contribution is 2.06. The molecule has 4 amide bonds. The van der Waals surface area contributed by atoms with Crippen molar-refractivity contribution in [2.75, 3.05) is 6.61 Å². The van der Waals surface area contributed by atoms with Crippen LogP contribution in [-0.2, 0) is 24.0 Å². The molecule has 0 saturated carbocycles. The molecule has 5 atom stereocenters. The van der Waals surface area contributed by atoms with E-state index in [1.807, 2.05) is 6.92 Å². The summed E-state index contributed by atoms with van der Waals surface area (Å²) in [6.45, 7) is 4.06. The number of amides is 4. The molecule has 12 heteroatoms. The molecule has 0 radical (unpaired) electrons. The highest BCUT2D eigenvalue weighted by Gasteiger charge is 2.30. The van der Waals surface area contributed by atoms with Crippen molar-refractivity contribution in [3.63, 3.8) is 0 Å². The highest BCUT2D eigenvalue weighted by atomic mass is 16.4. The minimum absolute atomic E-state index is 0.163. The fourth-order valence-corrected chi connectivity index (χ4v) is 2.18. The molecule has 0 saturated heterocycles. The molecule has 0 spiro atoms. The summed E-state index contributed by atoms with van der Waals surface area (Å²) in [5, 5.41) is 25.1. The number of primary amides is 1. The Morgan fingerprint density at radius 1 is 0.931 bits per heavy atom. The summed E-state index contributed by atoms with van der Waals surface area (Å²) in [6, 6.07) is -4.83. The molecule has 29 heavy (non-hydrogen) atoms. The Morgan fingerprint density at radius 3 is 1.90 bits per heavy atom. The molecule has 0 aromatic heterocycles. The van der Waals surface area contributed by atoms with Crippen LogP contribution in [0.15, 0.2) is 0 Å². The maximum absolute atomic E-state index is 12.4. The number of rotatable bonds is 13. The summed E-state index contributed by atoms with van der Waals surface area (Å²) in [4.78, 5) is 58.7. The summed E-state index contributed by atoms with van der Waals surface area (Å²) in [6.07, 6.45) is 0.175. The van der Waals surface area contributed by atoms with Gasteiger partial charge in [-0.05, 0) is 19.3 Å². The van der Waals surface area contributed by atoms with Crippen LogP contribution >= 0.6 is 0 Å². The van der Waals surface area contributed by atoms with Crippen molar-refractivity contribution >= 4 is 29.6 Å². The van der Waals surface area contributed by atoms with E-state index in [-0.39, 0.29) is 18.8 Å². The first kappa shape index (κ1) is 26.3. The Kier molecular flexibility index (Phi) is 11.5. The fourth-order valence-electron chi connectivity index (χ4n) is 2.18. The van der Waals surface area contributed by atoms with Crippen LogP contribution in [0, 0.1) is 5.92 Å². The van der Waals surface area contributed by atoms with Crippen LogP contribution in [0.5, 0.6) is 0 Å². The van der Waals surface area contributed by atoms with Crippen LogP contribution < -0.4 is 27.4 Å². The number of nitrogens with two attached hydrogens (primary N) is 2.